The average Bonchev–Trinajstić information content (AvgIpc) is 3.10. The van der Waals surface area contributed by atoms with Crippen molar-refractivity contribution in [1.29, 1.82) is 0 Å². The number of rotatable bonds is 3. The summed E-state index contributed by atoms with van der Waals surface area (Å²) in [6.45, 7) is 4.49. The second-order valence-electron chi connectivity index (χ2n) is 7.38. The number of ketones is 1. The van der Waals surface area contributed by atoms with Crippen LogP contribution in [-0.2, 0) is 0 Å². The van der Waals surface area contributed by atoms with E-state index in [9.17, 15) is 4.79 Å². The molecule has 0 spiro atoms. The molecule has 4 rings (SSSR count). The van der Waals surface area contributed by atoms with Gasteiger partial charge in [-0.3, -0.25) is 4.79 Å². The van der Waals surface area contributed by atoms with Crippen LogP contribution in [0.2, 0.25) is 5.02 Å². The van der Waals surface area contributed by atoms with Crippen molar-refractivity contribution in [3.8, 4) is 0 Å². The molecule has 2 aromatic carbocycles. The minimum atomic E-state index is 0.0229. The van der Waals surface area contributed by atoms with Gasteiger partial charge in [0, 0.05) is 33.8 Å². The van der Waals surface area contributed by atoms with Gasteiger partial charge in [-0.1, -0.05) is 67.9 Å². The van der Waals surface area contributed by atoms with E-state index in [2.05, 4.69) is 31.3 Å². The molecule has 3 heteroatoms. The van der Waals surface area contributed by atoms with E-state index in [1.54, 1.807) is 6.07 Å². The highest BCUT2D eigenvalue weighted by molar-refractivity contribution is 6.31. The van der Waals surface area contributed by atoms with E-state index < -0.39 is 0 Å². The van der Waals surface area contributed by atoms with Gasteiger partial charge in [-0.25, -0.2) is 0 Å². The Morgan fingerprint density at radius 1 is 1.20 bits per heavy atom. The quantitative estimate of drug-likeness (QED) is 0.569. The number of carbonyl (C=O) groups excluding carboxylic acids is 1. The molecule has 1 heterocycles. The molecule has 2 nitrogen and oxygen atoms in total. The molecule has 25 heavy (non-hydrogen) atoms. The molecular weight excluding hydrogens is 330 g/mol. The zero-order valence-electron chi connectivity index (χ0n) is 14.5. The van der Waals surface area contributed by atoms with Gasteiger partial charge in [-0.2, -0.15) is 0 Å². The molecule has 0 fully saturated rings. The molecular formula is C22H22ClNO. The summed E-state index contributed by atoms with van der Waals surface area (Å²) >= 11 is 6.40. The van der Waals surface area contributed by atoms with Crippen LogP contribution in [0.4, 0.5) is 5.69 Å². The van der Waals surface area contributed by atoms with Gasteiger partial charge in [0.25, 0.3) is 0 Å². The number of fused-ring (bicyclic) bond motifs is 3. The summed E-state index contributed by atoms with van der Waals surface area (Å²) in [5.41, 5.74) is 3.49. The number of halogens is 1. The number of hydrogen-bond donors (Lipinski definition) is 1. The topological polar surface area (TPSA) is 29.1 Å². The first kappa shape index (κ1) is 16.4. The Bertz CT molecular complexity index is 841. The molecule has 128 valence electrons. The lowest BCUT2D eigenvalue weighted by atomic mass is 9.74. The summed E-state index contributed by atoms with van der Waals surface area (Å²) in [5.74, 6) is 1.39. The van der Waals surface area contributed by atoms with Gasteiger partial charge in [-0.15, -0.1) is 0 Å². The smallest absolute Gasteiger partial charge is 0.195 e. The molecule has 2 aliphatic rings. The number of anilines is 1. The van der Waals surface area contributed by atoms with Crippen molar-refractivity contribution in [1.82, 2.24) is 0 Å². The normalized spacial score (nSPS) is 23.9. The predicted molar refractivity (Wildman–Crippen MR) is 104 cm³/mol. The maximum absolute atomic E-state index is 13.1. The predicted octanol–water partition coefficient (Wildman–Crippen LogP) is 5.68. The van der Waals surface area contributed by atoms with E-state index >= 15 is 0 Å². The molecule has 0 saturated carbocycles. The SMILES string of the molecule is CC(C)[C@@H]1Nc2c(C(=O)c3ccccc3)cc(Cl)cc2[C@H]2C=CC[C@@H]21. The van der Waals surface area contributed by atoms with Crippen molar-refractivity contribution in [2.75, 3.05) is 5.32 Å². The molecule has 1 N–H and O–H groups in total. The van der Waals surface area contributed by atoms with Crippen molar-refractivity contribution in [3.63, 3.8) is 0 Å². The van der Waals surface area contributed by atoms with Gasteiger partial charge in [-0.05, 0) is 36.0 Å². The minimum Gasteiger partial charge on any atom is -0.381 e. The Balaban J connectivity index is 1.86. The van der Waals surface area contributed by atoms with Crippen LogP contribution in [-0.4, -0.2) is 11.8 Å². The van der Waals surface area contributed by atoms with Crippen LogP contribution in [0.1, 0.15) is 47.7 Å². The largest absolute Gasteiger partial charge is 0.381 e. The maximum atomic E-state index is 13.1. The minimum absolute atomic E-state index is 0.0229. The van der Waals surface area contributed by atoms with Crippen molar-refractivity contribution in [3.05, 3.63) is 76.3 Å². The van der Waals surface area contributed by atoms with E-state index in [1.165, 1.54) is 0 Å². The first-order valence-corrected chi connectivity index (χ1v) is 9.30. The molecule has 0 unspecified atom stereocenters. The third kappa shape index (κ3) is 2.79. The average molecular weight is 352 g/mol. The number of benzene rings is 2. The highest BCUT2D eigenvalue weighted by Crippen LogP contribution is 2.48. The standard InChI is InChI=1S/C22H22ClNO/c1-13(2)20-17-10-6-9-16(17)18-11-15(23)12-19(21(18)24-20)22(25)14-7-4-3-5-8-14/h3-9,11-13,16-17,20,24H,10H2,1-2H3/t16-,17-,20-/m0/s1. The molecule has 0 aromatic heterocycles. The lowest BCUT2D eigenvalue weighted by Crippen LogP contribution is -2.40. The lowest BCUT2D eigenvalue weighted by molar-refractivity contribution is 0.103. The second-order valence-corrected chi connectivity index (χ2v) is 7.82. The molecule has 0 bridgehead atoms. The summed E-state index contributed by atoms with van der Waals surface area (Å²) < 4.78 is 0. The molecule has 1 aliphatic heterocycles. The van der Waals surface area contributed by atoms with Gasteiger partial charge >= 0.3 is 0 Å². The van der Waals surface area contributed by atoms with Gasteiger partial charge in [0.15, 0.2) is 5.78 Å². The third-order valence-corrected chi connectivity index (χ3v) is 5.70. The van der Waals surface area contributed by atoms with E-state index in [0.29, 0.717) is 39.9 Å². The fraction of sp³-hybridized carbons (Fsp3) is 0.318. The number of hydrogen-bond acceptors (Lipinski definition) is 2. The fourth-order valence-electron chi connectivity index (χ4n) is 4.29. The Morgan fingerprint density at radius 3 is 2.68 bits per heavy atom. The molecule has 0 amide bonds. The zero-order chi connectivity index (χ0) is 17.6. The van der Waals surface area contributed by atoms with E-state index in [4.69, 9.17) is 11.6 Å². The number of carbonyl (C=O) groups is 1. The van der Waals surface area contributed by atoms with Crippen LogP contribution in [0.3, 0.4) is 0 Å². The highest BCUT2D eigenvalue weighted by Gasteiger charge is 2.40. The van der Waals surface area contributed by atoms with Crippen molar-refractivity contribution in [2.24, 2.45) is 11.8 Å². The van der Waals surface area contributed by atoms with Gasteiger partial charge in [0.2, 0.25) is 0 Å². The first-order chi connectivity index (χ1) is 12.1. The summed E-state index contributed by atoms with van der Waals surface area (Å²) in [6.07, 6.45) is 5.63. The van der Waals surface area contributed by atoms with Crippen LogP contribution < -0.4 is 5.32 Å². The van der Waals surface area contributed by atoms with Crippen LogP contribution >= 0.6 is 11.6 Å². The Hall–Kier alpha value is -2.06. The summed E-state index contributed by atoms with van der Waals surface area (Å²) in [6, 6.07) is 13.6. The van der Waals surface area contributed by atoms with E-state index in [1.807, 2.05) is 36.4 Å². The molecule has 0 saturated heterocycles. The van der Waals surface area contributed by atoms with Crippen LogP contribution in [0.15, 0.2) is 54.6 Å². The van der Waals surface area contributed by atoms with E-state index in [0.717, 1.165) is 17.7 Å². The Kier molecular flexibility index (Phi) is 4.16. The van der Waals surface area contributed by atoms with Gasteiger partial charge in [0.05, 0.1) is 0 Å². The summed E-state index contributed by atoms with van der Waals surface area (Å²) in [5, 5.41) is 4.32. The highest BCUT2D eigenvalue weighted by atomic mass is 35.5. The van der Waals surface area contributed by atoms with Gasteiger partial charge < -0.3 is 5.32 Å². The van der Waals surface area contributed by atoms with Crippen molar-refractivity contribution in [2.45, 2.75) is 32.2 Å². The first-order valence-electron chi connectivity index (χ1n) is 8.92. The van der Waals surface area contributed by atoms with Crippen LogP contribution in [0.25, 0.3) is 0 Å². The van der Waals surface area contributed by atoms with Crippen molar-refractivity contribution < 1.29 is 4.79 Å². The number of nitrogens with one attached hydrogen (secondary N) is 1. The van der Waals surface area contributed by atoms with Crippen molar-refractivity contribution >= 4 is 23.1 Å². The lowest BCUT2D eigenvalue weighted by Gasteiger charge is -2.40. The Morgan fingerprint density at radius 2 is 1.96 bits per heavy atom. The molecule has 2 aromatic rings. The zero-order valence-corrected chi connectivity index (χ0v) is 15.3. The number of allylic oxidation sites excluding steroid dienone is 2. The molecule has 0 radical (unpaired) electrons. The van der Waals surface area contributed by atoms with Crippen LogP contribution in [0.5, 0.6) is 0 Å². The molecule has 1 aliphatic carbocycles. The van der Waals surface area contributed by atoms with Crippen LogP contribution in [0, 0.1) is 11.8 Å². The Labute approximate surface area is 153 Å². The monoisotopic (exact) mass is 351 g/mol. The summed E-state index contributed by atoms with van der Waals surface area (Å²) in [4.78, 5) is 13.1. The third-order valence-electron chi connectivity index (χ3n) is 5.48. The molecule has 3 atom stereocenters. The second kappa shape index (κ2) is 6.34. The van der Waals surface area contributed by atoms with E-state index in [-0.39, 0.29) is 5.78 Å². The summed E-state index contributed by atoms with van der Waals surface area (Å²) in [7, 11) is 0. The fourth-order valence-corrected chi connectivity index (χ4v) is 4.51. The maximum Gasteiger partial charge on any atom is 0.195 e. The van der Waals surface area contributed by atoms with Gasteiger partial charge in [0.1, 0.15) is 0 Å².